The molecule has 0 aromatic carbocycles. The first kappa shape index (κ1) is 8.81. The molecule has 12 heavy (non-hydrogen) atoms. The van der Waals surface area contributed by atoms with Crippen LogP contribution in [0.3, 0.4) is 0 Å². The zero-order chi connectivity index (χ0) is 9.03. The zero-order valence-electron chi connectivity index (χ0n) is 7.16. The number of hydrogen-bond donors (Lipinski definition) is 1. The van der Waals surface area contributed by atoms with Crippen molar-refractivity contribution in [1.29, 1.82) is 0 Å². The molecule has 0 heterocycles. The molecule has 0 aromatic heterocycles. The summed E-state index contributed by atoms with van der Waals surface area (Å²) in [6.45, 7) is 5.39. The van der Waals surface area contributed by atoms with Crippen LogP contribution in [0, 0.1) is 0 Å². The van der Waals surface area contributed by atoms with Gasteiger partial charge < -0.3 is 10.5 Å². The van der Waals surface area contributed by atoms with Gasteiger partial charge in [0.05, 0.1) is 11.8 Å². The van der Waals surface area contributed by atoms with Crippen LogP contribution in [0.25, 0.3) is 0 Å². The molecule has 1 rings (SSSR count). The van der Waals surface area contributed by atoms with Crippen molar-refractivity contribution in [3.63, 3.8) is 0 Å². The van der Waals surface area contributed by atoms with Crippen LogP contribution < -0.4 is 5.73 Å². The maximum Gasteiger partial charge on any atom is 0.126 e. The van der Waals surface area contributed by atoms with Crippen LogP contribution in [0.4, 0.5) is 0 Å². The third-order valence-electron chi connectivity index (χ3n) is 1.54. The SMILES string of the molecule is C=COC1=CC=CC(C)(N)C=C1. The van der Waals surface area contributed by atoms with Gasteiger partial charge in [-0.25, -0.2) is 0 Å². The smallest absolute Gasteiger partial charge is 0.126 e. The fourth-order valence-corrected chi connectivity index (χ4v) is 0.898. The van der Waals surface area contributed by atoms with Crippen LogP contribution in [0.2, 0.25) is 0 Å². The lowest BCUT2D eigenvalue weighted by atomic mass is 10.0. The van der Waals surface area contributed by atoms with Crippen LogP contribution in [0.5, 0.6) is 0 Å². The molecule has 2 nitrogen and oxygen atoms in total. The Labute approximate surface area is 72.7 Å². The largest absolute Gasteiger partial charge is 0.466 e. The minimum atomic E-state index is -0.386. The normalized spacial score (nSPS) is 27.7. The van der Waals surface area contributed by atoms with E-state index in [9.17, 15) is 0 Å². The molecule has 1 unspecified atom stereocenters. The van der Waals surface area contributed by atoms with E-state index in [-0.39, 0.29) is 5.54 Å². The highest BCUT2D eigenvalue weighted by Crippen LogP contribution is 2.12. The molecule has 0 fully saturated rings. The van der Waals surface area contributed by atoms with Gasteiger partial charge in [-0.1, -0.05) is 24.8 Å². The van der Waals surface area contributed by atoms with E-state index in [0.29, 0.717) is 0 Å². The number of nitrogens with two attached hydrogens (primary N) is 1. The Hall–Kier alpha value is -1.28. The van der Waals surface area contributed by atoms with Gasteiger partial charge in [0, 0.05) is 0 Å². The van der Waals surface area contributed by atoms with Gasteiger partial charge >= 0.3 is 0 Å². The number of rotatable bonds is 2. The van der Waals surface area contributed by atoms with Crippen molar-refractivity contribution in [2.24, 2.45) is 5.73 Å². The average Bonchev–Trinajstić information content (AvgIpc) is 2.14. The molecule has 0 spiro atoms. The van der Waals surface area contributed by atoms with Crippen molar-refractivity contribution < 1.29 is 4.74 Å². The van der Waals surface area contributed by atoms with E-state index in [1.54, 1.807) is 0 Å². The first-order valence-electron chi connectivity index (χ1n) is 3.79. The van der Waals surface area contributed by atoms with Gasteiger partial charge in [-0.3, -0.25) is 0 Å². The van der Waals surface area contributed by atoms with Gasteiger partial charge in [-0.2, -0.15) is 0 Å². The molecule has 0 saturated carbocycles. The highest BCUT2D eigenvalue weighted by molar-refractivity contribution is 5.30. The molecular formula is C10H13NO. The summed E-state index contributed by atoms with van der Waals surface area (Å²) < 4.78 is 5.09. The number of allylic oxidation sites excluding steroid dienone is 3. The van der Waals surface area contributed by atoms with E-state index in [4.69, 9.17) is 10.5 Å². The third-order valence-corrected chi connectivity index (χ3v) is 1.54. The number of hydrogen-bond acceptors (Lipinski definition) is 2. The Morgan fingerprint density at radius 3 is 3.00 bits per heavy atom. The minimum absolute atomic E-state index is 0.386. The Morgan fingerprint density at radius 1 is 1.58 bits per heavy atom. The summed E-state index contributed by atoms with van der Waals surface area (Å²) in [7, 11) is 0. The van der Waals surface area contributed by atoms with Crippen molar-refractivity contribution in [2.45, 2.75) is 12.5 Å². The monoisotopic (exact) mass is 163 g/mol. The first-order chi connectivity index (χ1) is 5.64. The molecule has 1 aliphatic rings. The Morgan fingerprint density at radius 2 is 2.33 bits per heavy atom. The molecule has 0 radical (unpaired) electrons. The van der Waals surface area contributed by atoms with Crippen LogP contribution in [0.1, 0.15) is 6.92 Å². The molecule has 64 valence electrons. The standard InChI is InChI=1S/C10H13NO/c1-3-12-9-5-4-7-10(2,11)8-6-9/h3-8H,1,11H2,2H3. The molecule has 0 bridgehead atoms. The summed E-state index contributed by atoms with van der Waals surface area (Å²) in [5.74, 6) is 0.746. The summed E-state index contributed by atoms with van der Waals surface area (Å²) in [5.41, 5.74) is 5.46. The summed E-state index contributed by atoms with van der Waals surface area (Å²) in [6.07, 6.45) is 10.7. The Bertz CT molecular complexity index is 259. The first-order valence-corrected chi connectivity index (χ1v) is 3.79. The molecule has 0 amide bonds. The second-order valence-electron chi connectivity index (χ2n) is 2.91. The van der Waals surface area contributed by atoms with Crippen LogP contribution in [0.15, 0.2) is 49.0 Å². The molecule has 0 saturated heterocycles. The van der Waals surface area contributed by atoms with Crippen LogP contribution in [-0.4, -0.2) is 5.54 Å². The van der Waals surface area contributed by atoms with E-state index in [2.05, 4.69) is 6.58 Å². The summed E-state index contributed by atoms with van der Waals surface area (Å²) in [4.78, 5) is 0. The van der Waals surface area contributed by atoms with Crippen LogP contribution in [-0.2, 0) is 4.74 Å². The molecule has 0 aliphatic heterocycles. The van der Waals surface area contributed by atoms with Gasteiger partial charge in [-0.15, -0.1) is 0 Å². The summed E-state index contributed by atoms with van der Waals surface area (Å²) in [6, 6.07) is 0. The van der Waals surface area contributed by atoms with Crippen molar-refractivity contribution in [2.75, 3.05) is 0 Å². The minimum Gasteiger partial charge on any atom is -0.466 e. The lowest BCUT2D eigenvalue weighted by Gasteiger charge is -2.12. The predicted molar refractivity (Wildman–Crippen MR) is 50.2 cm³/mol. The number of ether oxygens (including phenoxy) is 1. The topological polar surface area (TPSA) is 35.2 Å². The van der Waals surface area contributed by atoms with E-state index < -0.39 is 0 Å². The second kappa shape index (κ2) is 3.41. The molecule has 1 aliphatic carbocycles. The van der Waals surface area contributed by atoms with Crippen molar-refractivity contribution >= 4 is 0 Å². The lowest BCUT2D eigenvalue weighted by molar-refractivity contribution is 0.370. The quantitative estimate of drug-likeness (QED) is 0.631. The highest BCUT2D eigenvalue weighted by Gasteiger charge is 2.10. The van der Waals surface area contributed by atoms with Crippen molar-refractivity contribution in [3.05, 3.63) is 49.0 Å². The van der Waals surface area contributed by atoms with Crippen LogP contribution >= 0.6 is 0 Å². The average molecular weight is 163 g/mol. The summed E-state index contributed by atoms with van der Waals surface area (Å²) >= 11 is 0. The molecule has 2 N–H and O–H groups in total. The third kappa shape index (κ3) is 2.40. The molecule has 1 atom stereocenters. The second-order valence-corrected chi connectivity index (χ2v) is 2.91. The fourth-order valence-electron chi connectivity index (χ4n) is 0.898. The Balaban J connectivity index is 2.78. The maximum atomic E-state index is 5.85. The van der Waals surface area contributed by atoms with E-state index >= 15 is 0 Å². The van der Waals surface area contributed by atoms with Crippen molar-refractivity contribution in [3.8, 4) is 0 Å². The van der Waals surface area contributed by atoms with Gasteiger partial charge in [0.2, 0.25) is 0 Å². The summed E-state index contributed by atoms with van der Waals surface area (Å²) in [5, 5.41) is 0. The van der Waals surface area contributed by atoms with Gasteiger partial charge in [0.15, 0.2) is 0 Å². The molecule has 0 aromatic rings. The van der Waals surface area contributed by atoms with Gasteiger partial charge in [0.1, 0.15) is 5.76 Å². The highest BCUT2D eigenvalue weighted by atomic mass is 16.5. The van der Waals surface area contributed by atoms with E-state index in [1.165, 1.54) is 6.26 Å². The van der Waals surface area contributed by atoms with E-state index in [0.717, 1.165) is 5.76 Å². The zero-order valence-corrected chi connectivity index (χ0v) is 7.16. The van der Waals surface area contributed by atoms with Gasteiger partial charge in [-0.05, 0) is 19.1 Å². The Kier molecular flexibility index (Phi) is 2.51. The van der Waals surface area contributed by atoms with Gasteiger partial charge in [0.25, 0.3) is 0 Å². The predicted octanol–water partition coefficient (Wildman–Crippen LogP) is 1.87. The maximum absolute atomic E-state index is 5.85. The fraction of sp³-hybridized carbons (Fsp3) is 0.200. The van der Waals surface area contributed by atoms with E-state index in [1.807, 2.05) is 37.3 Å². The molecular weight excluding hydrogens is 150 g/mol. The lowest BCUT2D eigenvalue weighted by Crippen LogP contribution is -2.30. The van der Waals surface area contributed by atoms with Crippen molar-refractivity contribution in [1.82, 2.24) is 0 Å². The molecule has 2 heteroatoms.